The second-order valence-corrected chi connectivity index (χ2v) is 4.17. The summed E-state index contributed by atoms with van der Waals surface area (Å²) in [6, 6.07) is 0. The maximum absolute atomic E-state index is 11.7. The van der Waals surface area contributed by atoms with Gasteiger partial charge in [-0.15, -0.1) is 0 Å². The summed E-state index contributed by atoms with van der Waals surface area (Å²) in [5, 5.41) is 11.6. The minimum Gasteiger partial charge on any atom is -0.481 e. The van der Waals surface area contributed by atoms with E-state index in [1.54, 1.807) is 20.8 Å². The number of carboxylic acid groups (broad SMARTS) is 1. The summed E-state index contributed by atoms with van der Waals surface area (Å²) in [4.78, 5) is 26.5. The summed E-state index contributed by atoms with van der Waals surface area (Å²) in [6.07, 6.45) is 1.61. The number of nitrogens with zero attached hydrogens (tertiary/aromatic N) is 1. The van der Waals surface area contributed by atoms with Gasteiger partial charge in [0.1, 0.15) is 0 Å². The Kier molecular flexibility index (Phi) is 3.88. The quantitative estimate of drug-likeness (QED) is 0.807. The fraction of sp³-hybridized carbons (Fsp3) is 0.545. The topological polar surface area (TPSA) is 92.4 Å². The van der Waals surface area contributed by atoms with Crippen LogP contribution in [0.2, 0.25) is 0 Å². The number of hydrogen-bond donors (Lipinski definition) is 2. The van der Waals surface area contributed by atoms with Gasteiger partial charge in [0, 0.05) is 6.54 Å². The fourth-order valence-electron chi connectivity index (χ4n) is 1.23. The molecule has 0 aliphatic carbocycles. The molecule has 1 rings (SSSR count). The van der Waals surface area contributed by atoms with Crippen LogP contribution in [0.5, 0.6) is 0 Å². The Morgan fingerprint density at radius 2 is 2.24 bits per heavy atom. The SMILES string of the molecule is CCC(C)(CNC(=O)c1ocnc1C)C(=O)O. The molecule has 0 saturated heterocycles. The average Bonchev–Trinajstić information content (AvgIpc) is 2.71. The Hall–Kier alpha value is -1.85. The van der Waals surface area contributed by atoms with E-state index in [-0.39, 0.29) is 12.3 Å². The van der Waals surface area contributed by atoms with Crippen LogP contribution < -0.4 is 5.32 Å². The van der Waals surface area contributed by atoms with Gasteiger partial charge in [-0.3, -0.25) is 9.59 Å². The number of aromatic nitrogens is 1. The van der Waals surface area contributed by atoms with Crippen molar-refractivity contribution in [1.29, 1.82) is 0 Å². The highest BCUT2D eigenvalue weighted by Gasteiger charge is 2.32. The number of aliphatic carboxylic acids is 1. The van der Waals surface area contributed by atoms with Crippen molar-refractivity contribution >= 4 is 11.9 Å². The van der Waals surface area contributed by atoms with Crippen LogP contribution in [0.1, 0.15) is 36.5 Å². The van der Waals surface area contributed by atoms with E-state index in [1.165, 1.54) is 6.39 Å². The largest absolute Gasteiger partial charge is 0.481 e. The lowest BCUT2D eigenvalue weighted by molar-refractivity contribution is -0.147. The molecule has 2 N–H and O–H groups in total. The predicted octanol–water partition coefficient (Wildman–Crippen LogP) is 1.21. The molecule has 1 atom stereocenters. The lowest BCUT2D eigenvalue weighted by Gasteiger charge is -2.22. The van der Waals surface area contributed by atoms with Crippen LogP contribution in [0.4, 0.5) is 0 Å². The second kappa shape index (κ2) is 4.99. The molecular formula is C11H16N2O4. The molecule has 0 spiro atoms. The lowest BCUT2D eigenvalue weighted by atomic mass is 9.88. The van der Waals surface area contributed by atoms with Gasteiger partial charge >= 0.3 is 5.97 Å². The Balaban J connectivity index is 2.66. The van der Waals surface area contributed by atoms with Gasteiger partial charge in [0.15, 0.2) is 6.39 Å². The van der Waals surface area contributed by atoms with Gasteiger partial charge in [0.2, 0.25) is 5.76 Å². The molecular weight excluding hydrogens is 224 g/mol. The Labute approximate surface area is 99.0 Å². The van der Waals surface area contributed by atoms with Crippen LogP contribution in [0, 0.1) is 12.3 Å². The molecule has 0 aliphatic rings. The third-order valence-corrected chi connectivity index (χ3v) is 2.89. The number of carbonyl (C=O) groups is 2. The van der Waals surface area contributed by atoms with Crippen LogP contribution in [-0.4, -0.2) is 28.5 Å². The number of oxazole rings is 1. The number of nitrogens with one attached hydrogen (secondary N) is 1. The van der Waals surface area contributed by atoms with Gasteiger partial charge in [-0.25, -0.2) is 4.98 Å². The number of carboxylic acids is 1. The van der Waals surface area contributed by atoms with E-state index in [0.29, 0.717) is 12.1 Å². The molecule has 0 fully saturated rings. The predicted molar refractivity (Wildman–Crippen MR) is 59.6 cm³/mol. The van der Waals surface area contributed by atoms with E-state index in [0.717, 1.165) is 0 Å². The zero-order valence-electron chi connectivity index (χ0n) is 10.1. The molecule has 0 aromatic carbocycles. The molecule has 0 saturated carbocycles. The van der Waals surface area contributed by atoms with Crippen molar-refractivity contribution in [2.75, 3.05) is 6.54 Å². The summed E-state index contributed by atoms with van der Waals surface area (Å²) >= 11 is 0. The van der Waals surface area contributed by atoms with Gasteiger partial charge in [-0.2, -0.15) is 0 Å². The Morgan fingerprint density at radius 1 is 1.59 bits per heavy atom. The first-order valence-electron chi connectivity index (χ1n) is 5.32. The normalized spacial score (nSPS) is 14.1. The number of carbonyl (C=O) groups excluding carboxylic acids is 1. The molecule has 1 amide bonds. The fourth-order valence-corrected chi connectivity index (χ4v) is 1.23. The van der Waals surface area contributed by atoms with Gasteiger partial charge in [-0.05, 0) is 20.3 Å². The highest BCUT2D eigenvalue weighted by atomic mass is 16.4. The first kappa shape index (κ1) is 13.2. The van der Waals surface area contributed by atoms with E-state index >= 15 is 0 Å². The molecule has 94 valence electrons. The number of aryl methyl sites for hydroxylation is 1. The maximum atomic E-state index is 11.7. The van der Waals surface area contributed by atoms with Crippen molar-refractivity contribution in [3.05, 3.63) is 17.8 Å². The second-order valence-electron chi connectivity index (χ2n) is 4.17. The molecule has 6 heteroatoms. The molecule has 0 bridgehead atoms. The zero-order chi connectivity index (χ0) is 13.1. The highest BCUT2D eigenvalue weighted by Crippen LogP contribution is 2.20. The van der Waals surface area contributed by atoms with Gasteiger partial charge in [0.05, 0.1) is 11.1 Å². The van der Waals surface area contributed by atoms with E-state index in [4.69, 9.17) is 9.52 Å². The monoisotopic (exact) mass is 240 g/mol. The summed E-state index contributed by atoms with van der Waals surface area (Å²) in [5.74, 6) is -1.26. The van der Waals surface area contributed by atoms with E-state index in [9.17, 15) is 9.59 Å². The van der Waals surface area contributed by atoms with Gasteiger partial charge < -0.3 is 14.8 Å². The van der Waals surface area contributed by atoms with Crippen LogP contribution >= 0.6 is 0 Å². The smallest absolute Gasteiger partial charge is 0.311 e. The summed E-state index contributed by atoms with van der Waals surface area (Å²) in [5.41, 5.74) is -0.486. The lowest BCUT2D eigenvalue weighted by Crippen LogP contribution is -2.40. The first-order valence-corrected chi connectivity index (χ1v) is 5.32. The van der Waals surface area contributed by atoms with Crippen molar-refractivity contribution in [2.45, 2.75) is 27.2 Å². The van der Waals surface area contributed by atoms with Crippen molar-refractivity contribution < 1.29 is 19.1 Å². The summed E-state index contributed by atoms with van der Waals surface area (Å²) in [7, 11) is 0. The summed E-state index contributed by atoms with van der Waals surface area (Å²) in [6.45, 7) is 5.05. The highest BCUT2D eigenvalue weighted by molar-refractivity contribution is 5.92. The van der Waals surface area contributed by atoms with Crippen LogP contribution in [0.15, 0.2) is 10.8 Å². The Morgan fingerprint density at radius 3 is 2.65 bits per heavy atom. The molecule has 17 heavy (non-hydrogen) atoms. The molecule has 0 radical (unpaired) electrons. The van der Waals surface area contributed by atoms with Crippen LogP contribution in [0.3, 0.4) is 0 Å². The number of rotatable bonds is 5. The number of hydrogen-bond acceptors (Lipinski definition) is 4. The van der Waals surface area contributed by atoms with E-state index < -0.39 is 17.3 Å². The van der Waals surface area contributed by atoms with Crippen molar-refractivity contribution in [3.63, 3.8) is 0 Å². The average molecular weight is 240 g/mol. The maximum Gasteiger partial charge on any atom is 0.311 e. The molecule has 1 heterocycles. The third-order valence-electron chi connectivity index (χ3n) is 2.89. The van der Waals surface area contributed by atoms with Gasteiger partial charge in [0.25, 0.3) is 5.91 Å². The zero-order valence-corrected chi connectivity index (χ0v) is 10.1. The van der Waals surface area contributed by atoms with Gasteiger partial charge in [-0.1, -0.05) is 6.92 Å². The van der Waals surface area contributed by atoms with Crippen LogP contribution in [0.25, 0.3) is 0 Å². The standard InChI is InChI=1S/C11H16N2O4/c1-4-11(3,10(15)16)5-12-9(14)8-7(2)13-6-17-8/h6H,4-5H2,1-3H3,(H,12,14)(H,15,16). The minimum absolute atomic E-state index is 0.0534. The molecule has 1 unspecified atom stereocenters. The van der Waals surface area contributed by atoms with Crippen LogP contribution in [-0.2, 0) is 4.79 Å². The molecule has 1 aromatic heterocycles. The van der Waals surface area contributed by atoms with Crippen molar-refractivity contribution in [1.82, 2.24) is 10.3 Å². The van der Waals surface area contributed by atoms with E-state index in [1.807, 2.05) is 0 Å². The first-order chi connectivity index (χ1) is 7.90. The third kappa shape index (κ3) is 2.83. The molecule has 0 aliphatic heterocycles. The molecule has 6 nitrogen and oxygen atoms in total. The molecule has 1 aromatic rings. The van der Waals surface area contributed by atoms with Crippen molar-refractivity contribution in [2.24, 2.45) is 5.41 Å². The Bertz CT molecular complexity index is 427. The summed E-state index contributed by atoms with van der Waals surface area (Å²) < 4.78 is 4.91. The minimum atomic E-state index is -0.969. The van der Waals surface area contributed by atoms with Crippen molar-refractivity contribution in [3.8, 4) is 0 Å². The van der Waals surface area contributed by atoms with E-state index in [2.05, 4.69) is 10.3 Å². The number of amides is 1.